The number of terminal acetylenes is 1. The molecule has 7 aromatic rings. The van der Waals surface area contributed by atoms with Gasteiger partial charge in [-0.15, -0.1) is 12.2 Å². The van der Waals surface area contributed by atoms with E-state index in [9.17, 15) is 0 Å². The summed E-state index contributed by atoms with van der Waals surface area (Å²) in [5, 5.41) is 0. The molecule has 0 aromatic heterocycles. The summed E-state index contributed by atoms with van der Waals surface area (Å²) in [6, 6.07) is 68.1. The lowest BCUT2D eigenvalue weighted by molar-refractivity contribution is 0.448. The highest BCUT2D eigenvalue weighted by atomic mass is 15.2. The Morgan fingerprint density at radius 1 is 0.671 bits per heavy atom. The number of hydrogen-bond donors (Lipinski definition) is 0. The molecule has 2 aliphatic heterocycles. The van der Waals surface area contributed by atoms with Gasteiger partial charge < -0.3 is 9.80 Å². The van der Waals surface area contributed by atoms with Crippen LogP contribution < -0.4 is 9.80 Å². The van der Waals surface area contributed by atoms with E-state index < -0.39 is 5.41 Å². The third kappa shape index (κ3) is 8.34. The highest BCUT2D eigenvalue weighted by Crippen LogP contribution is 2.64. The smallest absolute Gasteiger partial charge is 0.0715 e. The second kappa shape index (κ2) is 20.3. The van der Waals surface area contributed by atoms with Gasteiger partial charge in [-0.3, -0.25) is 0 Å². The average Bonchev–Trinajstić information content (AvgIpc) is 1.78. The van der Waals surface area contributed by atoms with Crippen molar-refractivity contribution in [1.29, 1.82) is 0 Å². The molecule has 2 nitrogen and oxygen atoms in total. The molecule has 0 saturated carbocycles. The molecule has 0 bridgehead atoms. The Balaban J connectivity index is 0.905. The fourth-order valence-electron chi connectivity index (χ4n) is 14.8. The van der Waals surface area contributed by atoms with E-state index in [1.54, 1.807) is 0 Å². The van der Waals surface area contributed by atoms with Crippen molar-refractivity contribution in [3.05, 3.63) is 345 Å². The van der Waals surface area contributed by atoms with Gasteiger partial charge in [0, 0.05) is 45.9 Å². The van der Waals surface area contributed by atoms with Crippen LogP contribution in [0.15, 0.2) is 318 Å². The fourth-order valence-corrected chi connectivity index (χ4v) is 14.8. The third-order valence-corrected chi connectivity index (χ3v) is 18.6. The molecule has 0 N–H and O–H groups in total. The zero-order chi connectivity index (χ0) is 55.6. The Kier molecular flexibility index (Phi) is 12.6. The summed E-state index contributed by atoms with van der Waals surface area (Å²) in [5.74, 6) is 3.70. The minimum atomic E-state index is -0.476. The van der Waals surface area contributed by atoms with Gasteiger partial charge in [0.15, 0.2) is 0 Å². The Bertz CT molecular complexity index is 4110. The second-order valence-electron chi connectivity index (χ2n) is 24.0. The monoisotopic (exact) mass is 1050 g/mol. The van der Waals surface area contributed by atoms with Crippen molar-refractivity contribution in [2.24, 2.45) is 11.8 Å². The molecular weight excluding hydrogens is 989 g/mol. The molecule has 2 heterocycles. The molecule has 1 saturated heterocycles. The Morgan fingerprint density at radius 3 is 2.05 bits per heavy atom. The van der Waals surface area contributed by atoms with E-state index in [2.05, 4.69) is 292 Å². The summed E-state index contributed by atoms with van der Waals surface area (Å²) in [6.45, 7) is 9.61. The molecule has 7 aromatic carbocycles. The topological polar surface area (TPSA) is 6.48 Å². The molecule has 396 valence electrons. The molecule has 0 radical (unpaired) electrons. The summed E-state index contributed by atoms with van der Waals surface area (Å²) >= 11 is 0. The zero-order valence-electron chi connectivity index (χ0n) is 47.2. The van der Waals surface area contributed by atoms with Crippen LogP contribution in [0.4, 0.5) is 17.1 Å². The van der Waals surface area contributed by atoms with Crippen LogP contribution in [-0.4, -0.2) is 5.54 Å². The molecule has 3 unspecified atom stereocenters. The standard InChI is InChI=1S/C80H66N2/c1-6-56(57-24-13-7-8-14-25-57)37-44-67-54-78(3,4)74-52-61(41-47-76(74)81(67)65-42-38-59(39-43-65)58-26-15-9-16-27-58)60-40-45-69-73(51-60)80(63-28-17-10-18-29-63,64-30-19-11-20-31-64)71-35-23-34-68(77(69)71)62-48-49-79(5)72(53-62)70-50-55(2)36-46-75(70)82(79)66-32-21-12-22-33-66/h1,7-13,15-35,37-48,50-53,55,71,77H,36,49,54H2,2-5H3/b56-37+,67-44+/t55?,71-,77?,79?/m0/s1. The van der Waals surface area contributed by atoms with Crippen LogP contribution in [0, 0.1) is 24.2 Å². The lowest BCUT2D eigenvalue weighted by atomic mass is 9.61. The van der Waals surface area contributed by atoms with Crippen molar-refractivity contribution in [3.63, 3.8) is 0 Å². The quantitative estimate of drug-likeness (QED) is 0.105. The lowest BCUT2D eigenvalue weighted by Gasteiger charge is -2.42. The van der Waals surface area contributed by atoms with Crippen LogP contribution in [0.3, 0.4) is 0 Å². The summed E-state index contributed by atoms with van der Waals surface area (Å²) in [4.78, 5) is 5.08. The van der Waals surface area contributed by atoms with Crippen LogP contribution in [0.25, 0.3) is 22.3 Å². The molecular formula is C80H66N2. The maximum Gasteiger partial charge on any atom is 0.0715 e. The first-order chi connectivity index (χ1) is 40.1. The number of nitrogens with zero attached hydrogens (tertiary/aromatic N) is 2. The SMILES string of the molecule is C#C/C(=C\C=C1/CC(C)(C)c2cc(-c3ccc4c(c3)C(c3ccccc3)(c3ccccc3)[C@H]3C=CC=C(C5=CCC6(C)C(=C5)C5=CC(C)CC=C5N6c5ccccc5)C43)ccc2N1c1ccc(-c2ccccc2)cc1)C1=CC=CC=C=C1. The van der Waals surface area contributed by atoms with Gasteiger partial charge in [0.2, 0.25) is 0 Å². The van der Waals surface area contributed by atoms with Gasteiger partial charge in [0.1, 0.15) is 0 Å². The van der Waals surface area contributed by atoms with E-state index in [-0.39, 0.29) is 22.8 Å². The first-order valence-electron chi connectivity index (χ1n) is 29.3. The van der Waals surface area contributed by atoms with Crippen molar-refractivity contribution in [2.75, 3.05) is 9.80 Å². The van der Waals surface area contributed by atoms with Gasteiger partial charge in [0.05, 0.1) is 11.0 Å². The molecule has 82 heavy (non-hydrogen) atoms. The van der Waals surface area contributed by atoms with E-state index in [4.69, 9.17) is 6.42 Å². The van der Waals surface area contributed by atoms with E-state index in [0.29, 0.717) is 5.92 Å². The van der Waals surface area contributed by atoms with Crippen LogP contribution in [0.5, 0.6) is 0 Å². The molecule has 0 amide bonds. The maximum absolute atomic E-state index is 6.25. The molecule has 5 aliphatic carbocycles. The first kappa shape index (κ1) is 50.8. The predicted octanol–water partition coefficient (Wildman–Crippen LogP) is 19.4. The summed E-state index contributed by atoms with van der Waals surface area (Å²) in [7, 11) is 0. The fraction of sp³-hybridized carbons (Fsp3) is 0.163. The molecule has 14 rings (SSSR count). The normalized spacial score (nSPS) is 22.9. The summed E-state index contributed by atoms with van der Waals surface area (Å²) < 4.78 is 0. The van der Waals surface area contributed by atoms with Crippen molar-refractivity contribution in [1.82, 2.24) is 0 Å². The van der Waals surface area contributed by atoms with E-state index >= 15 is 0 Å². The first-order valence-corrected chi connectivity index (χ1v) is 29.3. The van der Waals surface area contributed by atoms with Crippen molar-refractivity contribution in [3.8, 4) is 34.6 Å². The number of allylic oxidation sites excluding steroid dienone is 18. The predicted molar refractivity (Wildman–Crippen MR) is 343 cm³/mol. The third-order valence-electron chi connectivity index (χ3n) is 18.6. The van der Waals surface area contributed by atoms with Gasteiger partial charge in [-0.25, -0.2) is 0 Å². The van der Waals surface area contributed by atoms with Crippen molar-refractivity contribution >= 4 is 17.1 Å². The van der Waals surface area contributed by atoms with Gasteiger partial charge in [-0.05, 0) is 188 Å². The van der Waals surface area contributed by atoms with Gasteiger partial charge in [0.25, 0.3) is 0 Å². The van der Waals surface area contributed by atoms with Crippen LogP contribution >= 0.6 is 0 Å². The number of anilines is 3. The van der Waals surface area contributed by atoms with Crippen molar-refractivity contribution in [2.45, 2.75) is 69.2 Å². The van der Waals surface area contributed by atoms with E-state index in [1.807, 2.05) is 24.3 Å². The lowest BCUT2D eigenvalue weighted by Crippen LogP contribution is -2.42. The Labute approximate surface area is 485 Å². The molecule has 1 fully saturated rings. The van der Waals surface area contributed by atoms with Gasteiger partial charge >= 0.3 is 0 Å². The van der Waals surface area contributed by atoms with E-state index in [1.165, 1.54) is 95.1 Å². The maximum atomic E-state index is 6.25. The summed E-state index contributed by atoms with van der Waals surface area (Å²) in [5.41, 5.74) is 27.3. The van der Waals surface area contributed by atoms with Gasteiger partial charge in [-0.1, -0.05) is 221 Å². The number of benzene rings is 7. The average molecular weight is 1060 g/mol. The molecule has 2 heteroatoms. The Morgan fingerprint density at radius 2 is 1.33 bits per heavy atom. The van der Waals surface area contributed by atoms with Gasteiger partial charge in [-0.2, -0.15) is 0 Å². The Hall–Kier alpha value is -9.38. The molecule has 4 atom stereocenters. The van der Waals surface area contributed by atoms with Crippen LogP contribution in [-0.2, 0) is 10.8 Å². The summed E-state index contributed by atoms with van der Waals surface area (Å²) in [6.07, 6.45) is 40.8. The minimum Gasteiger partial charge on any atom is -0.331 e. The number of para-hydroxylation sites is 1. The van der Waals surface area contributed by atoms with Crippen LogP contribution in [0.1, 0.15) is 80.7 Å². The zero-order valence-corrected chi connectivity index (χ0v) is 47.2. The highest BCUT2D eigenvalue weighted by Gasteiger charge is 2.56. The number of hydrogen-bond acceptors (Lipinski definition) is 2. The number of rotatable bonds is 9. The highest BCUT2D eigenvalue weighted by molar-refractivity contribution is 5.83. The van der Waals surface area contributed by atoms with E-state index in [0.717, 1.165) is 36.1 Å². The van der Waals surface area contributed by atoms with Crippen molar-refractivity contribution < 1.29 is 0 Å². The minimum absolute atomic E-state index is 0.115. The second-order valence-corrected chi connectivity index (χ2v) is 24.0. The molecule has 0 spiro atoms. The molecule has 7 aliphatic rings. The van der Waals surface area contributed by atoms with Crippen LogP contribution in [0.2, 0.25) is 0 Å². The number of fused-ring (bicyclic) bond motifs is 7. The largest absolute Gasteiger partial charge is 0.331 e.